The summed E-state index contributed by atoms with van der Waals surface area (Å²) in [6.07, 6.45) is 14.7. The van der Waals surface area contributed by atoms with Crippen molar-refractivity contribution in [1.82, 2.24) is 5.32 Å². The molecule has 0 aromatic heterocycles. The summed E-state index contributed by atoms with van der Waals surface area (Å²) in [5, 5.41) is 2.98. The van der Waals surface area contributed by atoms with Gasteiger partial charge in [0.15, 0.2) is 0 Å². The number of hydrogen-bond acceptors (Lipinski definition) is 3. The normalized spacial score (nSPS) is 19.7. The minimum Gasteiger partial charge on any atom is -0.463 e. The van der Waals surface area contributed by atoms with Crippen LogP contribution in [0.3, 0.4) is 0 Å². The van der Waals surface area contributed by atoms with Gasteiger partial charge in [-0.15, -0.1) is 0 Å². The van der Waals surface area contributed by atoms with Crippen molar-refractivity contribution in [3.05, 3.63) is 82.1 Å². The molecule has 2 aliphatic rings. The fourth-order valence-electron chi connectivity index (χ4n) is 4.40. The monoisotopic (exact) mass is 445 g/mol. The smallest absolute Gasteiger partial charge is 0.330 e. The number of fused-ring (bicyclic) bond motifs is 2. The zero-order valence-corrected chi connectivity index (χ0v) is 20.8. The van der Waals surface area contributed by atoms with Gasteiger partial charge in [-0.2, -0.15) is 0 Å². The highest BCUT2D eigenvalue weighted by molar-refractivity contribution is 5.86. The van der Waals surface area contributed by atoms with Gasteiger partial charge in [-0.25, -0.2) is 4.79 Å². The molecule has 174 valence electrons. The number of esters is 1. The minimum atomic E-state index is -0.337. The molecular formula is C29H35NO3. The molecule has 0 spiro atoms. The molecule has 3 rings (SSSR count). The van der Waals surface area contributed by atoms with Crippen molar-refractivity contribution in [2.75, 3.05) is 6.61 Å². The van der Waals surface area contributed by atoms with Crippen LogP contribution in [0.1, 0.15) is 77.1 Å². The highest BCUT2D eigenvalue weighted by atomic mass is 16.5. The molecule has 0 unspecified atom stereocenters. The molecule has 0 bridgehead atoms. The first-order valence-corrected chi connectivity index (χ1v) is 11.5. The maximum Gasteiger partial charge on any atom is 0.330 e. The summed E-state index contributed by atoms with van der Waals surface area (Å²) in [5.74, 6) is -0.411. The lowest BCUT2D eigenvalue weighted by atomic mass is 9.66. The van der Waals surface area contributed by atoms with E-state index in [-0.39, 0.29) is 22.7 Å². The van der Waals surface area contributed by atoms with Crippen LogP contribution in [0.2, 0.25) is 0 Å². The summed E-state index contributed by atoms with van der Waals surface area (Å²) in [4.78, 5) is 23.4. The average Bonchev–Trinajstić information content (AvgIpc) is 2.70. The van der Waals surface area contributed by atoms with Gasteiger partial charge in [-0.3, -0.25) is 4.79 Å². The van der Waals surface area contributed by atoms with Gasteiger partial charge < -0.3 is 10.1 Å². The van der Waals surface area contributed by atoms with Gasteiger partial charge in [-0.05, 0) is 65.5 Å². The predicted molar refractivity (Wildman–Crippen MR) is 136 cm³/mol. The second-order valence-electron chi connectivity index (χ2n) is 9.98. The number of ether oxygens (including phenoxy) is 1. The van der Waals surface area contributed by atoms with Crippen molar-refractivity contribution in [2.45, 2.75) is 65.7 Å². The van der Waals surface area contributed by atoms with Crippen LogP contribution in [0.5, 0.6) is 0 Å². The lowest BCUT2D eigenvalue weighted by Crippen LogP contribution is -2.30. The van der Waals surface area contributed by atoms with Gasteiger partial charge in [0.25, 0.3) is 0 Å². The fourth-order valence-corrected chi connectivity index (χ4v) is 4.40. The van der Waals surface area contributed by atoms with E-state index in [0.29, 0.717) is 13.0 Å². The van der Waals surface area contributed by atoms with Crippen LogP contribution in [-0.2, 0) is 25.2 Å². The Morgan fingerprint density at radius 3 is 2.30 bits per heavy atom. The summed E-state index contributed by atoms with van der Waals surface area (Å²) < 4.78 is 4.98. The molecule has 0 fully saturated rings. The third-order valence-corrected chi connectivity index (χ3v) is 6.18. The van der Waals surface area contributed by atoms with Crippen molar-refractivity contribution in [3.63, 3.8) is 0 Å². The van der Waals surface area contributed by atoms with Crippen molar-refractivity contribution in [2.24, 2.45) is 0 Å². The first-order valence-electron chi connectivity index (χ1n) is 11.5. The molecule has 2 aliphatic carbocycles. The molecular weight excluding hydrogens is 410 g/mol. The van der Waals surface area contributed by atoms with Crippen LogP contribution >= 0.6 is 0 Å². The van der Waals surface area contributed by atoms with E-state index in [1.54, 1.807) is 6.92 Å². The number of allylic oxidation sites excluding steroid dienone is 7. The standard InChI is InChI=1S/C29H35NO3/c1-8-33-27(32)14-19(2)10-9-11-21-15-23(30-20(3)31)16-22-17-25-26(18-24(21)22)29(6,7)13-12-28(25,4)5/h9-14,16-18H,8,15H2,1-7H3,(H,30,31). The molecule has 1 amide bonds. The minimum absolute atomic E-state index is 0.0541. The van der Waals surface area contributed by atoms with Crippen molar-refractivity contribution in [1.29, 1.82) is 0 Å². The second-order valence-corrected chi connectivity index (χ2v) is 9.98. The zero-order chi connectivity index (χ0) is 24.4. The Balaban J connectivity index is 2.07. The average molecular weight is 446 g/mol. The van der Waals surface area contributed by atoms with Gasteiger partial charge in [0.05, 0.1) is 6.61 Å². The number of benzene rings is 1. The summed E-state index contributed by atoms with van der Waals surface area (Å²) in [5.41, 5.74) is 7.66. The number of carbonyl (C=O) groups is 2. The van der Waals surface area contributed by atoms with Gasteiger partial charge in [0, 0.05) is 35.9 Å². The Kier molecular flexibility index (Phi) is 6.97. The zero-order valence-electron chi connectivity index (χ0n) is 20.8. The molecule has 0 radical (unpaired) electrons. The summed E-state index contributed by atoms with van der Waals surface area (Å²) in [6, 6.07) is 4.60. The Morgan fingerprint density at radius 1 is 1.06 bits per heavy atom. The number of carbonyl (C=O) groups excluding carboxylic acids is 2. The molecule has 4 heteroatoms. The van der Waals surface area contributed by atoms with Crippen molar-refractivity contribution in [3.8, 4) is 0 Å². The molecule has 1 aromatic rings. The second kappa shape index (κ2) is 9.38. The van der Waals surface area contributed by atoms with E-state index in [1.165, 1.54) is 29.7 Å². The van der Waals surface area contributed by atoms with E-state index in [4.69, 9.17) is 4.74 Å². The molecule has 1 aromatic carbocycles. The molecule has 0 saturated heterocycles. The highest BCUT2D eigenvalue weighted by Crippen LogP contribution is 2.45. The fraction of sp³-hybridized carbons (Fsp3) is 0.379. The number of amides is 1. The van der Waals surface area contributed by atoms with Gasteiger partial charge in [0.2, 0.25) is 5.91 Å². The molecule has 0 saturated carbocycles. The molecule has 33 heavy (non-hydrogen) atoms. The number of hydrogen-bond donors (Lipinski definition) is 1. The SMILES string of the molecule is CCOC(=O)C=C(C)C=CC=C1CC(NC(C)=O)=Cc2cc3c(cc21)C(C)(C)C=CC3(C)C. The molecule has 1 N–H and O–H groups in total. The van der Waals surface area contributed by atoms with E-state index >= 15 is 0 Å². The topological polar surface area (TPSA) is 55.4 Å². The summed E-state index contributed by atoms with van der Waals surface area (Å²) >= 11 is 0. The number of rotatable bonds is 5. The third-order valence-electron chi connectivity index (χ3n) is 6.18. The Hall–Kier alpha value is -3.14. The van der Waals surface area contributed by atoms with Crippen LogP contribution in [0.4, 0.5) is 0 Å². The third kappa shape index (κ3) is 5.62. The predicted octanol–water partition coefficient (Wildman–Crippen LogP) is 6.14. The van der Waals surface area contributed by atoms with E-state index in [1.807, 2.05) is 19.1 Å². The summed E-state index contributed by atoms with van der Waals surface area (Å²) in [7, 11) is 0. The van der Waals surface area contributed by atoms with Gasteiger partial charge in [0.1, 0.15) is 0 Å². The lowest BCUT2D eigenvalue weighted by Gasteiger charge is -2.38. The van der Waals surface area contributed by atoms with Crippen LogP contribution in [0.25, 0.3) is 11.6 Å². The molecule has 0 atom stereocenters. The van der Waals surface area contributed by atoms with Crippen LogP contribution in [0, 0.1) is 0 Å². The highest BCUT2D eigenvalue weighted by Gasteiger charge is 2.34. The molecule has 0 heterocycles. The molecule has 4 nitrogen and oxygen atoms in total. The molecule has 0 aliphatic heterocycles. The summed E-state index contributed by atoms with van der Waals surface area (Å²) in [6.45, 7) is 14.5. The quantitative estimate of drug-likeness (QED) is 0.256. The van der Waals surface area contributed by atoms with E-state index < -0.39 is 0 Å². The largest absolute Gasteiger partial charge is 0.463 e. The van der Waals surface area contributed by atoms with E-state index in [0.717, 1.165) is 22.4 Å². The first kappa shape index (κ1) is 24.5. The van der Waals surface area contributed by atoms with Crippen LogP contribution < -0.4 is 5.32 Å². The Labute approximate surface area is 197 Å². The lowest BCUT2D eigenvalue weighted by molar-refractivity contribution is -0.137. The van der Waals surface area contributed by atoms with E-state index in [9.17, 15) is 9.59 Å². The first-order chi connectivity index (χ1) is 15.4. The van der Waals surface area contributed by atoms with Crippen molar-refractivity contribution >= 4 is 23.5 Å². The van der Waals surface area contributed by atoms with Crippen LogP contribution in [0.15, 0.2) is 59.9 Å². The van der Waals surface area contributed by atoms with Crippen LogP contribution in [-0.4, -0.2) is 18.5 Å². The van der Waals surface area contributed by atoms with Gasteiger partial charge >= 0.3 is 5.97 Å². The maximum atomic E-state index is 11.8. The number of nitrogens with one attached hydrogen (secondary N) is 1. The Bertz CT molecular complexity index is 1120. The van der Waals surface area contributed by atoms with E-state index in [2.05, 4.69) is 69.4 Å². The van der Waals surface area contributed by atoms with Crippen molar-refractivity contribution < 1.29 is 14.3 Å². The maximum absolute atomic E-state index is 11.8. The van der Waals surface area contributed by atoms with Gasteiger partial charge in [-0.1, -0.05) is 58.1 Å². The Morgan fingerprint density at radius 2 is 1.70 bits per heavy atom.